The number of rotatable bonds is 5. The van der Waals surface area contributed by atoms with Gasteiger partial charge in [-0.3, -0.25) is 9.48 Å². The van der Waals surface area contributed by atoms with E-state index in [0.29, 0.717) is 18.3 Å². The normalized spacial score (nSPS) is 11.6. The van der Waals surface area contributed by atoms with Gasteiger partial charge in [-0.2, -0.15) is 5.10 Å². The van der Waals surface area contributed by atoms with Crippen LogP contribution in [0.25, 0.3) is 10.9 Å². The van der Waals surface area contributed by atoms with Gasteiger partial charge in [-0.05, 0) is 58.3 Å². The van der Waals surface area contributed by atoms with Gasteiger partial charge in [0.05, 0.1) is 12.1 Å². The smallest absolute Gasteiger partial charge is 0.291 e. The number of fused-ring (bicyclic) bond motifs is 1. The van der Waals surface area contributed by atoms with Crippen LogP contribution in [0, 0.1) is 0 Å². The van der Waals surface area contributed by atoms with Gasteiger partial charge in [0.15, 0.2) is 5.76 Å². The van der Waals surface area contributed by atoms with Gasteiger partial charge in [0.1, 0.15) is 5.76 Å². The molecule has 6 heteroatoms. The first-order chi connectivity index (χ1) is 11.4. The Morgan fingerprint density at radius 2 is 2.08 bits per heavy atom. The molecule has 0 radical (unpaired) electrons. The molecule has 6 nitrogen and oxygen atoms in total. The molecule has 1 amide bonds. The summed E-state index contributed by atoms with van der Waals surface area (Å²) in [6.45, 7) is 4.82. The van der Waals surface area contributed by atoms with E-state index in [9.17, 15) is 4.79 Å². The van der Waals surface area contributed by atoms with E-state index >= 15 is 0 Å². The first-order valence-corrected chi connectivity index (χ1v) is 7.96. The molecular weight excluding hydrogens is 304 g/mol. The SMILES string of the molecule is CC(C)n1cc2cc(NC(=O)c3ccc(CN(C)C)o3)ccc2n1. The first-order valence-electron chi connectivity index (χ1n) is 7.96. The van der Waals surface area contributed by atoms with Crippen LogP contribution in [0.5, 0.6) is 0 Å². The lowest BCUT2D eigenvalue weighted by Gasteiger charge is -2.06. The summed E-state index contributed by atoms with van der Waals surface area (Å²) >= 11 is 0. The van der Waals surface area contributed by atoms with Crippen LogP contribution in [0.1, 0.15) is 36.2 Å². The molecule has 126 valence electrons. The molecule has 0 fully saturated rings. The number of nitrogens with one attached hydrogen (secondary N) is 1. The Bertz CT molecular complexity index is 861. The second-order valence-corrected chi connectivity index (χ2v) is 6.43. The third-order valence-corrected chi connectivity index (χ3v) is 3.67. The molecule has 24 heavy (non-hydrogen) atoms. The fourth-order valence-corrected chi connectivity index (χ4v) is 2.48. The number of furan rings is 1. The Balaban J connectivity index is 1.76. The first kappa shape index (κ1) is 16.3. The number of nitrogens with zero attached hydrogens (tertiary/aromatic N) is 3. The largest absolute Gasteiger partial charge is 0.455 e. The quantitative estimate of drug-likeness (QED) is 0.779. The number of aromatic nitrogens is 2. The highest BCUT2D eigenvalue weighted by molar-refractivity contribution is 6.03. The number of anilines is 1. The predicted octanol–water partition coefficient (Wildman–Crippen LogP) is 3.52. The van der Waals surface area contributed by atoms with Gasteiger partial charge in [-0.25, -0.2) is 0 Å². The molecule has 0 spiro atoms. The monoisotopic (exact) mass is 326 g/mol. The van der Waals surface area contributed by atoms with E-state index < -0.39 is 0 Å². The summed E-state index contributed by atoms with van der Waals surface area (Å²) in [7, 11) is 3.91. The van der Waals surface area contributed by atoms with Gasteiger partial charge in [-0.1, -0.05) is 0 Å². The van der Waals surface area contributed by atoms with Crippen molar-refractivity contribution in [3.05, 3.63) is 48.0 Å². The van der Waals surface area contributed by atoms with E-state index in [4.69, 9.17) is 4.42 Å². The molecule has 1 N–H and O–H groups in total. The molecule has 1 aromatic carbocycles. The van der Waals surface area contributed by atoms with Gasteiger partial charge in [0.2, 0.25) is 0 Å². The van der Waals surface area contributed by atoms with Crippen LogP contribution in [0.2, 0.25) is 0 Å². The summed E-state index contributed by atoms with van der Waals surface area (Å²) in [5, 5.41) is 8.37. The van der Waals surface area contributed by atoms with Crippen LogP contribution in [-0.4, -0.2) is 34.7 Å². The highest BCUT2D eigenvalue weighted by atomic mass is 16.4. The number of amides is 1. The second kappa shape index (κ2) is 6.49. The van der Waals surface area contributed by atoms with E-state index in [1.807, 2.05) is 54.1 Å². The zero-order chi connectivity index (χ0) is 17.3. The maximum atomic E-state index is 12.3. The highest BCUT2D eigenvalue weighted by Gasteiger charge is 2.13. The molecule has 0 aliphatic carbocycles. The molecule has 0 saturated carbocycles. The summed E-state index contributed by atoms with van der Waals surface area (Å²) in [4.78, 5) is 14.3. The van der Waals surface area contributed by atoms with Crippen molar-refractivity contribution in [3.63, 3.8) is 0 Å². The van der Waals surface area contributed by atoms with Crippen LogP contribution in [-0.2, 0) is 6.54 Å². The van der Waals surface area contributed by atoms with Crippen molar-refractivity contribution in [1.82, 2.24) is 14.7 Å². The number of carbonyl (C=O) groups excluding carboxylic acids is 1. The van der Waals surface area contributed by atoms with Crippen molar-refractivity contribution < 1.29 is 9.21 Å². The van der Waals surface area contributed by atoms with E-state index in [0.717, 1.165) is 22.4 Å². The maximum absolute atomic E-state index is 12.3. The Morgan fingerprint density at radius 1 is 1.29 bits per heavy atom. The minimum absolute atomic E-state index is 0.254. The van der Waals surface area contributed by atoms with Crippen molar-refractivity contribution >= 4 is 22.5 Å². The van der Waals surface area contributed by atoms with Crippen molar-refractivity contribution in [2.75, 3.05) is 19.4 Å². The van der Waals surface area contributed by atoms with E-state index in [1.54, 1.807) is 6.07 Å². The molecule has 3 aromatic rings. The molecule has 0 aliphatic rings. The third kappa shape index (κ3) is 3.49. The maximum Gasteiger partial charge on any atom is 0.291 e. The standard InChI is InChI=1S/C18H22N4O2/c1-12(2)22-10-13-9-14(5-7-16(13)20-22)19-18(23)17-8-6-15(24-17)11-21(3)4/h5-10,12H,11H2,1-4H3,(H,19,23). The van der Waals surface area contributed by atoms with E-state index in [2.05, 4.69) is 24.3 Å². The van der Waals surface area contributed by atoms with Crippen LogP contribution in [0.3, 0.4) is 0 Å². The third-order valence-electron chi connectivity index (χ3n) is 3.67. The molecule has 3 rings (SSSR count). The van der Waals surface area contributed by atoms with Gasteiger partial charge >= 0.3 is 0 Å². The Morgan fingerprint density at radius 3 is 2.79 bits per heavy atom. The van der Waals surface area contributed by atoms with Crippen LogP contribution >= 0.6 is 0 Å². The minimum atomic E-state index is -0.254. The van der Waals surface area contributed by atoms with E-state index in [-0.39, 0.29) is 5.91 Å². The lowest BCUT2D eigenvalue weighted by atomic mass is 10.2. The lowest BCUT2D eigenvalue weighted by Crippen LogP contribution is -2.11. The van der Waals surface area contributed by atoms with Gasteiger partial charge < -0.3 is 14.6 Å². The van der Waals surface area contributed by atoms with Crippen molar-refractivity contribution in [1.29, 1.82) is 0 Å². The van der Waals surface area contributed by atoms with Crippen LogP contribution in [0.15, 0.2) is 40.9 Å². The number of benzene rings is 1. The van der Waals surface area contributed by atoms with Gasteiger partial charge in [-0.15, -0.1) is 0 Å². The number of hydrogen-bond donors (Lipinski definition) is 1. The molecule has 2 heterocycles. The summed E-state index contributed by atoms with van der Waals surface area (Å²) in [5.41, 5.74) is 1.63. The van der Waals surface area contributed by atoms with Crippen molar-refractivity contribution in [2.24, 2.45) is 0 Å². The van der Waals surface area contributed by atoms with E-state index in [1.165, 1.54) is 0 Å². The fourth-order valence-electron chi connectivity index (χ4n) is 2.48. The number of carbonyl (C=O) groups is 1. The molecule has 0 bridgehead atoms. The fraction of sp³-hybridized carbons (Fsp3) is 0.333. The second-order valence-electron chi connectivity index (χ2n) is 6.43. The van der Waals surface area contributed by atoms with Crippen molar-refractivity contribution in [3.8, 4) is 0 Å². The van der Waals surface area contributed by atoms with Gasteiger partial charge in [0.25, 0.3) is 5.91 Å². The zero-order valence-corrected chi connectivity index (χ0v) is 14.4. The van der Waals surface area contributed by atoms with Crippen LogP contribution in [0.4, 0.5) is 5.69 Å². The highest BCUT2D eigenvalue weighted by Crippen LogP contribution is 2.20. The average molecular weight is 326 g/mol. The predicted molar refractivity (Wildman–Crippen MR) is 94.2 cm³/mol. The molecule has 0 unspecified atom stereocenters. The molecule has 0 atom stereocenters. The average Bonchev–Trinajstić information content (AvgIpc) is 3.12. The summed E-state index contributed by atoms with van der Waals surface area (Å²) in [5.74, 6) is 0.819. The Labute approximate surface area is 141 Å². The topological polar surface area (TPSA) is 63.3 Å². The number of hydrogen-bond acceptors (Lipinski definition) is 4. The molecule has 0 aliphatic heterocycles. The lowest BCUT2D eigenvalue weighted by molar-refractivity contribution is 0.0993. The minimum Gasteiger partial charge on any atom is -0.455 e. The summed E-state index contributed by atoms with van der Waals surface area (Å²) in [6, 6.07) is 9.50. The molecule has 0 saturated heterocycles. The molecule has 2 aromatic heterocycles. The summed E-state index contributed by atoms with van der Waals surface area (Å²) < 4.78 is 7.49. The van der Waals surface area contributed by atoms with Crippen molar-refractivity contribution in [2.45, 2.75) is 26.4 Å². The zero-order valence-electron chi connectivity index (χ0n) is 14.4. The summed E-state index contributed by atoms with van der Waals surface area (Å²) in [6.07, 6.45) is 1.98. The van der Waals surface area contributed by atoms with Gasteiger partial charge in [0, 0.05) is 23.3 Å². The molecular formula is C18H22N4O2. The Hall–Kier alpha value is -2.60. The van der Waals surface area contributed by atoms with Crippen LogP contribution < -0.4 is 5.32 Å². The Kier molecular flexibility index (Phi) is 4.40.